The number of hydrogen-bond acceptors (Lipinski definition) is 6. The van der Waals surface area contributed by atoms with Crippen LogP contribution in [-0.4, -0.2) is 41.4 Å². The molecule has 2 aromatic rings. The Balaban J connectivity index is 2.53. The zero-order valence-corrected chi connectivity index (χ0v) is 14.8. The molecule has 0 amide bonds. The number of nitrogens with zero attached hydrogens (tertiary/aromatic N) is 2. The maximum atomic E-state index is 12.1. The summed E-state index contributed by atoms with van der Waals surface area (Å²) < 4.78 is 17.3. The monoisotopic (exact) mass is 334 g/mol. The topological polar surface area (TPSA) is 79.7 Å². The number of carbonyl (C=O) groups excluding carboxylic acids is 2. The first kappa shape index (κ1) is 17.8. The zero-order chi connectivity index (χ0) is 18.1. The van der Waals surface area contributed by atoms with Crippen LogP contribution in [-0.2, 0) is 16.1 Å². The summed E-state index contributed by atoms with van der Waals surface area (Å²) in [6.45, 7) is 6.70. The summed E-state index contributed by atoms with van der Waals surface area (Å²) >= 11 is 0. The second-order valence-electron chi connectivity index (χ2n) is 6.37. The Morgan fingerprint density at radius 1 is 1.12 bits per heavy atom. The van der Waals surface area contributed by atoms with Gasteiger partial charge in [-0.3, -0.25) is 14.3 Å². The Morgan fingerprint density at radius 3 is 2.21 bits per heavy atom. The molecule has 0 spiro atoms. The third kappa shape index (κ3) is 3.67. The summed E-state index contributed by atoms with van der Waals surface area (Å²) in [5.74, 6) is 0.349. The Morgan fingerprint density at radius 2 is 1.71 bits per heavy atom. The van der Waals surface area contributed by atoms with Crippen molar-refractivity contribution in [2.75, 3.05) is 14.2 Å². The van der Waals surface area contributed by atoms with E-state index in [2.05, 4.69) is 5.10 Å². The number of ketones is 1. The number of benzene rings is 1. The van der Waals surface area contributed by atoms with Crippen LogP contribution in [0.4, 0.5) is 0 Å². The summed E-state index contributed by atoms with van der Waals surface area (Å²) in [5, 5.41) is 4.87. The predicted octanol–water partition coefficient (Wildman–Crippen LogP) is 2.60. The molecule has 130 valence electrons. The molecule has 0 radical (unpaired) electrons. The van der Waals surface area contributed by atoms with Gasteiger partial charge in [0.2, 0.25) is 0 Å². The molecular weight excluding hydrogens is 312 g/mol. The van der Waals surface area contributed by atoms with E-state index in [0.29, 0.717) is 22.4 Å². The van der Waals surface area contributed by atoms with E-state index in [1.54, 1.807) is 32.9 Å². The summed E-state index contributed by atoms with van der Waals surface area (Å²) in [6, 6.07) is 3.38. The molecule has 1 aromatic carbocycles. The van der Waals surface area contributed by atoms with Crippen LogP contribution in [0.25, 0.3) is 10.9 Å². The van der Waals surface area contributed by atoms with Crippen LogP contribution in [0.3, 0.4) is 0 Å². The van der Waals surface area contributed by atoms with E-state index in [1.807, 2.05) is 0 Å². The van der Waals surface area contributed by atoms with Crippen LogP contribution in [0.5, 0.6) is 11.5 Å². The molecule has 0 unspecified atom stereocenters. The van der Waals surface area contributed by atoms with Gasteiger partial charge in [-0.2, -0.15) is 5.10 Å². The Labute approximate surface area is 140 Å². The van der Waals surface area contributed by atoms with E-state index in [9.17, 15) is 9.59 Å². The van der Waals surface area contributed by atoms with Crippen molar-refractivity contribution in [2.24, 2.45) is 0 Å². The van der Waals surface area contributed by atoms with Gasteiger partial charge < -0.3 is 14.2 Å². The Bertz CT molecular complexity index is 786. The Hall–Kier alpha value is -2.57. The van der Waals surface area contributed by atoms with E-state index >= 15 is 0 Å². The number of aromatic nitrogens is 2. The fourth-order valence-electron chi connectivity index (χ4n) is 2.38. The van der Waals surface area contributed by atoms with Crippen LogP contribution in [0.15, 0.2) is 12.1 Å². The molecular formula is C17H22N2O5. The van der Waals surface area contributed by atoms with E-state index in [-0.39, 0.29) is 18.0 Å². The highest BCUT2D eigenvalue weighted by Gasteiger charge is 2.22. The molecule has 0 fully saturated rings. The number of carbonyl (C=O) groups is 2. The lowest BCUT2D eigenvalue weighted by atomic mass is 10.1. The van der Waals surface area contributed by atoms with Crippen LogP contribution in [0.2, 0.25) is 0 Å². The van der Waals surface area contributed by atoms with Gasteiger partial charge in [-0.15, -0.1) is 0 Å². The van der Waals surface area contributed by atoms with Gasteiger partial charge in [0.05, 0.1) is 19.7 Å². The van der Waals surface area contributed by atoms with E-state index < -0.39 is 11.6 Å². The fourth-order valence-corrected chi connectivity index (χ4v) is 2.38. The fraction of sp³-hybridized carbons (Fsp3) is 0.471. The van der Waals surface area contributed by atoms with Crippen LogP contribution >= 0.6 is 0 Å². The maximum absolute atomic E-state index is 12.1. The normalized spacial score (nSPS) is 11.4. The average molecular weight is 334 g/mol. The third-order valence-electron chi connectivity index (χ3n) is 3.29. The highest BCUT2D eigenvalue weighted by molar-refractivity contribution is 6.05. The van der Waals surface area contributed by atoms with Gasteiger partial charge in [0, 0.05) is 18.4 Å². The van der Waals surface area contributed by atoms with Crippen molar-refractivity contribution in [3.8, 4) is 11.5 Å². The average Bonchev–Trinajstić information content (AvgIpc) is 2.81. The minimum atomic E-state index is -0.593. The number of ether oxygens (including phenoxy) is 3. The zero-order valence-electron chi connectivity index (χ0n) is 14.8. The number of esters is 1. The molecule has 24 heavy (non-hydrogen) atoms. The highest BCUT2D eigenvalue weighted by Crippen LogP contribution is 2.33. The lowest BCUT2D eigenvalue weighted by molar-refractivity contribution is -0.155. The third-order valence-corrected chi connectivity index (χ3v) is 3.29. The molecule has 2 rings (SSSR count). The second kappa shape index (κ2) is 6.51. The van der Waals surface area contributed by atoms with Crippen molar-refractivity contribution in [3.05, 3.63) is 17.8 Å². The first-order valence-corrected chi connectivity index (χ1v) is 7.51. The molecule has 0 aliphatic rings. The quantitative estimate of drug-likeness (QED) is 0.618. The van der Waals surface area contributed by atoms with Gasteiger partial charge >= 0.3 is 5.97 Å². The second-order valence-corrected chi connectivity index (χ2v) is 6.37. The molecule has 0 saturated carbocycles. The van der Waals surface area contributed by atoms with Crippen molar-refractivity contribution in [2.45, 2.75) is 39.8 Å². The number of hydrogen-bond donors (Lipinski definition) is 0. The van der Waals surface area contributed by atoms with Crippen molar-refractivity contribution in [1.82, 2.24) is 9.78 Å². The van der Waals surface area contributed by atoms with Gasteiger partial charge in [-0.1, -0.05) is 0 Å². The number of rotatable bonds is 5. The number of fused-ring (bicyclic) bond motifs is 1. The SMILES string of the molecule is COc1cc2c(C(C)=O)nn(CC(=O)OC(C)(C)C)c2cc1OC. The van der Waals surface area contributed by atoms with Crippen molar-refractivity contribution < 1.29 is 23.8 Å². The molecule has 1 aromatic heterocycles. The van der Waals surface area contributed by atoms with Crippen LogP contribution < -0.4 is 9.47 Å². The highest BCUT2D eigenvalue weighted by atomic mass is 16.6. The Kier molecular flexibility index (Phi) is 4.82. The van der Waals surface area contributed by atoms with Gasteiger partial charge in [0.15, 0.2) is 17.3 Å². The molecule has 7 heteroatoms. The van der Waals surface area contributed by atoms with Crippen molar-refractivity contribution >= 4 is 22.7 Å². The van der Waals surface area contributed by atoms with Crippen LogP contribution in [0.1, 0.15) is 38.2 Å². The predicted molar refractivity (Wildman–Crippen MR) is 88.7 cm³/mol. The molecule has 0 aliphatic heterocycles. The first-order valence-electron chi connectivity index (χ1n) is 7.51. The lowest BCUT2D eigenvalue weighted by Crippen LogP contribution is -2.26. The van der Waals surface area contributed by atoms with E-state index in [4.69, 9.17) is 14.2 Å². The van der Waals surface area contributed by atoms with Gasteiger partial charge in [0.1, 0.15) is 17.8 Å². The molecule has 0 atom stereocenters. The molecule has 1 heterocycles. The molecule has 0 N–H and O–H groups in total. The van der Waals surface area contributed by atoms with Gasteiger partial charge in [-0.05, 0) is 26.8 Å². The van der Waals surface area contributed by atoms with Crippen LogP contribution in [0, 0.1) is 0 Å². The molecule has 0 aliphatic carbocycles. The number of methoxy groups -OCH3 is 2. The van der Waals surface area contributed by atoms with E-state index in [1.165, 1.54) is 25.8 Å². The molecule has 7 nitrogen and oxygen atoms in total. The largest absolute Gasteiger partial charge is 0.493 e. The van der Waals surface area contributed by atoms with E-state index in [0.717, 1.165) is 0 Å². The summed E-state index contributed by atoms with van der Waals surface area (Å²) in [5.41, 5.74) is 0.280. The minimum Gasteiger partial charge on any atom is -0.493 e. The van der Waals surface area contributed by atoms with Crippen molar-refractivity contribution in [3.63, 3.8) is 0 Å². The summed E-state index contributed by atoms with van der Waals surface area (Å²) in [7, 11) is 3.03. The number of Topliss-reactive ketones (excluding diaryl/α,β-unsaturated/α-hetero) is 1. The van der Waals surface area contributed by atoms with Gasteiger partial charge in [-0.25, -0.2) is 0 Å². The van der Waals surface area contributed by atoms with Gasteiger partial charge in [0.25, 0.3) is 0 Å². The first-order chi connectivity index (χ1) is 11.2. The standard InChI is InChI=1S/C17H22N2O5/c1-10(20)16-11-7-13(22-5)14(23-6)8-12(11)19(18-16)9-15(21)24-17(2,3)4/h7-8H,9H2,1-6H3. The summed E-state index contributed by atoms with van der Waals surface area (Å²) in [6.07, 6.45) is 0. The maximum Gasteiger partial charge on any atom is 0.328 e. The molecule has 0 bridgehead atoms. The molecule has 0 saturated heterocycles. The lowest BCUT2D eigenvalue weighted by Gasteiger charge is -2.19. The summed E-state index contributed by atoms with van der Waals surface area (Å²) in [4.78, 5) is 24.0. The minimum absolute atomic E-state index is 0.101. The van der Waals surface area contributed by atoms with Crippen molar-refractivity contribution in [1.29, 1.82) is 0 Å². The smallest absolute Gasteiger partial charge is 0.328 e.